The number of hydrogen-bond acceptors (Lipinski definition) is 2. The van der Waals surface area contributed by atoms with Crippen molar-refractivity contribution in [3.63, 3.8) is 0 Å². The van der Waals surface area contributed by atoms with Crippen molar-refractivity contribution < 1.29 is 8.42 Å². The minimum Gasteiger partial charge on any atom is -0.211 e. The summed E-state index contributed by atoms with van der Waals surface area (Å²) in [5, 5.41) is 0. The van der Waals surface area contributed by atoms with Crippen LogP contribution in [0.4, 0.5) is 0 Å². The molecule has 0 fully saturated rings. The standard InChI is InChI=1S/C12H19Cl2NO2S/c1-11-3-5-12(2,6-4-11)18(16,17)15(9-7-13)10-8-14/h3-5H,6-10H2,1-2H3. The van der Waals surface area contributed by atoms with E-state index in [1.165, 1.54) is 4.31 Å². The highest BCUT2D eigenvalue weighted by Gasteiger charge is 2.40. The van der Waals surface area contributed by atoms with Gasteiger partial charge in [0, 0.05) is 24.8 Å². The van der Waals surface area contributed by atoms with Gasteiger partial charge in [0.25, 0.3) is 0 Å². The van der Waals surface area contributed by atoms with E-state index in [9.17, 15) is 8.42 Å². The molecule has 0 N–H and O–H groups in total. The van der Waals surface area contributed by atoms with Crippen molar-refractivity contribution in [3.8, 4) is 0 Å². The highest BCUT2D eigenvalue weighted by Crippen LogP contribution is 2.31. The largest absolute Gasteiger partial charge is 0.223 e. The average Bonchev–Trinajstić information content (AvgIpc) is 2.32. The van der Waals surface area contributed by atoms with Gasteiger partial charge in [0.15, 0.2) is 0 Å². The molecule has 104 valence electrons. The lowest BCUT2D eigenvalue weighted by molar-refractivity contribution is 0.428. The predicted molar refractivity (Wildman–Crippen MR) is 77.9 cm³/mol. The maximum Gasteiger partial charge on any atom is 0.223 e. The predicted octanol–water partition coefficient (Wildman–Crippen LogP) is 2.76. The summed E-state index contributed by atoms with van der Waals surface area (Å²) in [6.45, 7) is 4.28. The summed E-state index contributed by atoms with van der Waals surface area (Å²) in [5.74, 6) is 0.537. The van der Waals surface area contributed by atoms with Crippen molar-refractivity contribution in [1.82, 2.24) is 4.31 Å². The van der Waals surface area contributed by atoms with E-state index < -0.39 is 14.8 Å². The Labute approximate surface area is 119 Å². The van der Waals surface area contributed by atoms with E-state index in [4.69, 9.17) is 23.2 Å². The number of hydrogen-bond donors (Lipinski definition) is 0. The zero-order chi connectivity index (χ0) is 13.8. The van der Waals surface area contributed by atoms with Crippen molar-refractivity contribution in [2.24, 2.45) is 0 Å². The Morgan fingerprint density at radius 1 is 1.33 bits per heavy atom. The third-order valence-electron chi connectivity index (χ3n) is 3.13. The van der Waals surface area contributed by atoms with Crippen molar-refractivity contribution in [1.29, 1.82) is 0 Å². The molecule has 0 amide bonds. The van der Waals surface area contributed by atoms with E-state index in [2.05, 4.69) is 0 Å². The fraction of sp³-hybridized carbons (Fsp3) is 0.667. The SMILES string of the molecule is CC1=CCC(C)(S(=O)(=O)N(CCCl)CCCl)C=C1. The summed E-state index contributed by atoms with van der Waals surface area (Å²) in [7, 11) is -3.44. The van der Waals surface area contributed by atoms with Gasteiger partial charge in [0.2, 0.25) is 10.0 Å². The van der Waals surface area contributed by atoms with Gasteiger partial charge in [-0.05, 0) is 20.3 Å². The van der Waals surface area contributed by atoms with Gasteiger partial charge in [-0.15, -0.1) is 23.2 Å². The zero-order valence-electron chi connectivity index (χ0n) is 10.7. The second kappa shape index (κ2) is 6.42. The van der Waals surface area contributed by atoms with E-state index in [-0.39, 0.29) is 11.8 Å². The molecule has 3 nitrogen and oxygen atoms in total. The minimum atomic E-state index is -3.44. The van der Waals surface area contributed by atoms with Crippen LogP contribution in [0.2, 0.25) is 0 Å². The van der Waals surface area contributed by atoms with Gasteiger partial charge in [-0.1, -0.05) is 23.8 Å². The zero-order valence-corrected chi connectivity index (χ0v) is 13.0. The average molecular weight is 312 g/mol. The fourth-order valence-corrected chi connectivity index (χ4v) is 4.23. The first-order valence-corrected chi connectivity index (χ1v) is 8.36. The minimum absolute atomic E-state index is 0.269. The summed E-state index contributed by atoms with van der Waals surface area (Å²) in [5.41, 5.74) is 1.09. The van der Waals surface area contributed by atoms with Gasteiger partial charge in [-0.25, -0.2) is 8.42 Å². The second-order valence-electron chi connectivity index (χ2n) is 4.58. The van der Waals surface area contributed by atoms with Gasteiger partial charge < -0.3 is 0 Å². The Morgan fingerprint density at radius 2 is 1.89 bits per heavy atom. The number of sulfonamides is 1. The van der Waals surface area contributed by atoms with Crippen LogP contribution >= 0.6 is 23.2 Å². The van der Waals surface area contributed by atoms with Crippen molar-refractivity contribution in [2.75, 3.05) is 24.8 Å². The maximum absolute atomic E-state index is 12.6. The molecule has 1 atom stereocenters. The smallest absolute Gasteiger partial charge is 0.211 e. The number of allylic oxidation sites excluding steroid dienone is 3. The van der Waals surface area contributed by atoms with Crippen molar-refractivity contribution >= 4 is 33.2 Å². The fourth-order valence-electron chi connectivity index (χ4n) is 1.83. The molecular weight excluding hydrogens is 293 g/mol. The van der Waals surface area contributed by atoms with Crippen LogP contribution in [-0.4, -0.2) is 42.3 Å². The Morgan fingerprint density at radius 3 is 2.28 bits per heavy atom. The Hall–Kier alpha value is -0.0300. The molecule has 0 bridgehead atoms. The molecule has 1 rings (SSSR count). The van der Waals surface area contributed by atoms with E-state index in [1.54, 1.807) is 13.0 Å². The molecule has 1 aliphatic rings. The van der Waals surface area contributed by atoms with Crippen LogP contribution in [-0.2, 0) is 10.0 Å². The summed E-state index contributed by atoms with van der Waals surface area (Å²) >= 11 is 11.3. The van der Waals surface area contributed by atoms with Gasteiger partial charge in [-0.3, -0.25) is 0 Å². The Kier molecular flexibility index (Phi) is 5.71. The lowest BCUT2D eigenvalue weighted by atomic mass is 9.98. The van der Waals surface area contributed by atoms with Crippen LogP contribution < -0.4 is 0 Å². The number of alkyl halides is 2. The molecule has 0 aliphatic heterocycles. The molecule has 0 aromatic carbocycles. The van der Waals surface area contributed by atoms with Crippen LogP contribution in [0.5, 0.6) is 0 Å². The molecule has 18 heavy (non-hydrogen) atoms. The molecule has 6 heteroatoms. The molecule has 0 saturated heterocycles. The van der Waals surface area contributed by atoms with Gasteiger partial charge >= 0.3 is 0 Å². The second-order valence-corrected chi connectivity index (χ2v) is 7.74. The van der Waals surface area contributed by atoms with Gasteiger partial charge in [0.05, 0.1) is 0 Å². The molecule has 0 radical (unpaired) electrons. The van der Waals surface area contributed by atoms with E-state index in [1.807, 2.05) is 19.1 Å². The lowest BCUT2D eigenvalue weighted by Gasteiger charge is -2.33. The topological polar surface area (TPSA) is 37.4 Å². The number of rotatable bonds is 6. The van der Waals surface area contributed by atoms with Gasteiger partial charge in [-0.2, -0.15) is 4.31 Å². The van der Waals surface area contributed by atoms with Crippen LogP contribution in [0, 0.1) is 0 Å². The summed E-state index contributed by atoms with van der Waals surface area (Å²) in [6, 6.07) is 0. The van der Waals surface area contributed by atoms with Crippen molar-refractivity contribution in [2.45, 2.75) is 25.0 Å². The molecule has 0 heterocycles. The summed E-state index contributed by atoms with van der Waals surface area (Å²) in [4.78, 5) is 0. The van der Waals surface area contributed by atoms with Crippen LogP contribution in [0.1, 0.15) is 20.3 Å². The van der Waals surface area contributed by atoms with Gasteiger partial charge in [0.1, 0.15) is 4.75 Å². The Balaban J connectivity index is 3.01. The first-order chi connectivity index (χ1) is 8.37. The van der Waals surface area contributed by atoms with Crippen LogP contribution in [0.15, 0.2) is 23.8 Å². The number of halogens is 2. The maximum atomic E-state index is 12.6. The Bertz CT molecular complexity index is 439. The molecule has 0 aromatic rings. The van der Waals surface area contributed by atoms with Crippen molar-refractivity contribution in [3.05, 3.63) is 23.8 Å². The molecule has 1 unspecified atom stereocenters. The molecule has 0 spiro atoms. The molecule has 1 aliphatic carbocycles. The summed E-state index contributed by atoms with van der Waals surface area (Å²) in [6.07, 6.45) is 6.03. The third-order valence-corrected chi connectivity index (χ3v) is 5.99. The number of nitrogens with zero attached hydrogens (tertiary/aromatic N) is 1. The summed E-state index contributed by atoms with van der Waals surface area (Å²) < 4.78 is 25.7. The van der Waals surface area contributed by atoms with Crippen LogP contribution in [0.25, 0.3) is 0 Å². The molecule has 0 saturated carbocycles. The quantitative estimate of drug-likeness (QED) is 0.707. The van der Waals surface area contributed by atoms with E-state index >= 15 is 0 Å². The lowest BCUT2D eigenvalue weighted by Crippen LogP contribution is -2.47. The first-order valence-electron chi connectivity index (χ1n) is 5.85. The third kappa shape index (κ3) is 3.29. The first kappa shape index (κ1) is 16.0. The van der Waals surface area contributed by atoms with E-state index in [0.717, 1.165) is 5.57 Å². The highest BCUT2D eigenvalue weighted by molar-refractivity contribution is 7.90. The highest BCUT2D eigenvalue weighted by atomic mass is 35.5. The monoisotopic (exact) mass is 311 g/mol. The normalized spacial score (nSPS) is 24.4. The molecular formula is C12H19Cl2NO2S. The van der Waals surface area contributed by atoms with Crippen LogP contribution in [0.3, 0.4) is 0 Å². The van der Waals surface area contributed by atoms with E-state index in [0.29, 0.717) is 19.5 Å². The molecule has 0 aromatic heterocycles.